The highest BCUT2D eigenvalue weighted by molar-refractivity contribution is 7.80. The molecule has 1 amide bonds. The van der Waals surface area contributed by atoms with Gasteiger partial charge in [0.2, 0.25) is 5.91 Å². The fourth-order valence-corrected chi connectivity index (χ4v) is 8.40. The SMILES string of the molecule is CCCCCCCCC/C=C/CC/C=C/C(O)C(COC1OC(CO)C(O)C(OS(=O)(=O)O)C1O)NC(=O)C(O)CCCCCCCCCCCCCCCCCCCCCC. The number of rotatable bonds is 42. The highest BCUT2D eigenvalue weighted by Crippen LogP contribution is 2.26. The van der Waals surface area contributed by atoms with Crippen molar-refractivity contribution in [3.05, 3.63) is 24.3 Å². The summed E-state index contributed by atoms with van der Waals surface area (Å²) in [6.07, 6.45) is 32.7. The van der Waals surface area contributed by atoms with E-state index in [0.717, 1.165) is 38.5 Å². The van der Waals surface area contributed by atoms with Gasteiger partial charge in [0.1, 0.15) is 30.5 Å². The molecule has 0 saturated carbocycles. The Morgan fingerprint density at radius 1 is 0.645 bits per heavy atom. The monoisotopic (exact) mass is 906 g/mol. The summed E-state index contributed by atoms with van der Waals surface area (Å²) in [4.78, 5) is 13.1. The Hall–Kier alpha value is -1.46. The fourth-order valence-electron chi connectivity index (χ4n) is 7.89. The Balaban J connectivity index is 2.51. The largest absolute Gasteiger partial charge is 0.397 e. The van der Waals surface area contributed by atoms with E-state index in [2.05, 4.69) is 35.5 Å². The minimum Gasteiger partial charge on any atom is -0.394 e. The van der Waals surface area contributed by atoms with E-state index in [-0.39, 0.29) is 6.42 Å². The van der Waals surface area contributed by atoms with Gasteiger partial charge in [-0.15, -0.1) is 0 Å². The van der Waals surface area contributed by atoms with Gasteiger partial charge in [0.15, 0.2) is 6.29 Å². The third-order valence-electron chi connectivity index (χ3n) is 11.8. The number of ether oxygens (including phenoxy) is 2. The summed E-state index contributed by atoms with van der Waals surface area (Å²) in [5.41, 5.74) is 0. The lowest BCUT2D eigenvalue weighted by Gasteiger charge is -2.41. The van der Waals surface area contributed by atoms with E-state index in [1.54, 1.807) is 6.08 Å². The fraction of sp³-hybridized carbons (Fsp3) is 0.896. The van der Waals surface area contributed by atoms with Crippen LogP contribution in [0.3, 0.4) is 0 Å². The minimum atomic E-state index is -5.12. The van der Waals surface area contributed by atoms with Crippen molar-refractivity contribution in [1.29, 1.82) is 0 Å². The van der Waals surface area contributed by atoms with Crippen molar-refractivity contribution in [3.8, 4) is 0 Å². The summed E-state index contributed by atoms with van der Waals surface area (Å²) in [6, 6.07) is -1.13. The van der Waals surface area contributed by atoms with Crippen molar-refractivity contribution in [1.82, 2.24) is 5.32 Å². The van der Waals surface area contributed by atoms with E-state index in [9.17, 15) is 43.3 Å². The standard InChI is InChI=1S/C48H91NO12S/c1-3-5-7-9-11-13-15-17-18-19-20-21-22-23-25-27-29-31-33-35-37-42(52)47(55)49-40(41(51)36-34-32-30-28-26-24-16-14-12-10-8-6-4-2)39-59-48-45(54)46(61-62(56,57)58)44(53)43(38-50)60-48/h26,28,34,36,40-46,48,50-54H,3-25,27,29-33,35,37-39H2,1-2H3,(H,49,55)(H,56,57,58)/b28-26+,36-34+. The summed E-state index contributed by atoms with van der Waals surface area (Å²) in [6.45, 7) is 3.20. The van der Waals surface area contributed by atoms with E-state index >= 15 is 0 Å². The Morgan fingerprint density at radius 2 is 1.08 bits per heavy atom. The molecule has 1 saturated heterocycles. The first-order valence-corrected chi connectivity index (χ1v) is 26.2. The van der Waals surface area contributed by atoms with E-state index in [0.29, 0.717) is 12.8 Å². The molecule has 0 aliphatic carbocycles. The van der Waals surface area contributed by atoms with Gasteiger partial charge in [0.25, 0.3) is 0 Å². The molecule has 0 radical (unpaired) electrons. The number of unbranched alkanes of at least 4 members (excludes halogenated alkanes) is 27. The lowest BCUT2D eigenvalue weighted by atomic mass is 9.99. The van der Waals surface area contributed by atoms with Gasteiger partial charge in [-0.25, -0.2) is 4.18 Å². The van der Waals surface area contributed by atoms with E-state index in [1.165, 1.54) is 147 Å². The van der Waals surface area contributed by atoms with Gasteiger partial charge in [-0.2, -0.15) is 8.42 Å². The molecule has 8 atom stereocenters. The molecule has 62 heavy (non-hydrogen) atoms. The molecule has 1 heterocycles. The summed E-state index contributed by atoms with van der Waals surface area (Å²) in [5.74, 6) is -0.710. The van der Waals surface area contributed by atoms with Gasteiger partial charge in [0.05, 0.1) is 25.4 Å². The maximum Gasteiger partial charge on any atom is 0.397 e. The molecule has 1 aliphatic heterocycles. The molecule has 0 aromatic rings. The zero-order valence-electron chi connectivity index (χ0n) is 38.8. The highest BCUT2D eigenvalue weighted by atomic mass is 32.3. The predicted molar refractivity (Wildman–Crippen MR) is 247 cm³/mol. The van der Waals surface area contributed by atoms with Crippen LogP contribution >= 0.6 is 0 Å². The van der Waals surface area contributed by atoms with Crippen LogP contribution in [-0.4, -0.2) is 107 Å². The number of aliphatic hydroxyl groups is 5. The smallest absolute Gasteiger partial charge is 0.394 e. The third kappa shape index (κ3) is 30.6. The topological polar surface area (TPSA) is 212 Å². The molecule has 0 aromatic carbocycles. The van der Waals surface area contributed by atoms with Crippen LogP contribution in [0.1, 0.15) is 213 Å². The number of carbonyl (C=O) groups is 1. The van der Waals surface area contributed by atoms with Crippen molar-refractivity contribution < 1.29 is 57.0 Å². The molecule has 13 nitrogen and oxygen atoms in total. The summed E-state index contributed by atoms with van der Waals surface area (Å²) in [5, 5.41) is 55.2. The quantitative estimate of drug-likeness (QED) is 0.0174. The predicted octanol–water partition coefficient (Wildman–Crippen LogP) is 9.08. The Bertz CT molecular complexity index is 1220. The number of aliphatic hydroxyl groups excluding tert-OH is 5. The first kappa shape index (κ1) is 58.6. The summed E-state index contributed by atoms with van der Waals surface area (Å²) < 4.78 is 47.5. The second kappa shape index (κ2) is 38.8. The number of carbonyl (C=O) groups excluding carboxylic acids is 1. The molecular weight excluding hydrogens is 815 g/mol. The highest BCUT2D eigenvalue weighted by Gasteiger charge is 2.48. The third-order valence-corrected chi connectivity index (χ3v) is 12.3. The number of allylic oxidation sites excluding steroid dienone is 3. The van der Waals surface area contributed by atoms with Crippen LogP contribution in [0.2, 0.25) is 0 Å². The molecule has 366 valence electrons. The normalized spacial score (nSPS) is 21.2. The van der Waals surface area contributed by atoms with Crippen LogP contribution in [0.5, 0.6) is 0 Å². The first-order valence-electron chi connectivity index (χ1n) is 24.8. The number of hydrogen-bond donors (Lipinski definition) is 7. The summed E-state index contributed by atoms with van der Waals surface area (Å²) >= 11 is 0. The Labute approximate surface area is 376 Å². The second-order valence-corrected chi connectivity index (χ2v) is 18.6. The zero-order valence-corrected chi connectivity index (χ0v) is 39.6. The lowest BCUT2D eigenvalue weighted by Crippen LogP contribution is -2.61. The maximum atomic E-state index is 13.1. The van der Waals surface area contributed by atoms with Crippen LogP contribution in [0.15, 0.2) is 24.3 Å². The molecule has 1 fully saturated rings. The molecule has 0 spiro atoms. The molecule has 1 aliphatic rings. The second-order valence-electron chi connectivity index (χ2n) is 17.5. The van der Waals surface area contributed by atoms with E-state index in [1.807, 2.05) is 0 Å². The molecule has 0 aromatic heterocycles. The van der Waals surface area contributed by atoms with Gasteiger partial charge >= 0.3 is 10.4 Å². The molecule has 1 rings (SSSR count). The average molecular weight is 906 g/mol. The zero-order chi connectivity index (χ0) is 45.7. The van der Waals surface area contributed by atoms with Gasteiger partial charge in [-0.05, 0) is 32.1 Å². The van der Waals surface area contributed by atoms with Crippen molar-refractivity contribution in [2.24, 2.45) is 0 Å². The van der Waals surface area contributed by atoms with Gasteiger partial charge < -0.3 is 40.3 Å². The van der Waals surface area contributed by atoms with Crippen LogP contribution in [-0.2, 0) is 28.9 Å². The lowest BCUT2D eigenvalue weighted by molar-refractivity contribution is -0.298. The van der Waals surface area contributed by atoms with Crippen LogP contribution in [0.4, 0.5) is 0 Å². The number of hydrogen-bond acceptors (Lipinski definition) is 11. The van der Waals surface area contributed by atoms with Crippen LogP contribution in [0, 0.1) is 0 Å². The molecule has 7 N–H and O–H groups in total. The molecule has 14 heteroatoms. The molecule has 8 unspecified atom stereocenters. The van der Waals surface area contributed by atoms with Crippen molar-refractivity contribution >= 4 is 16.3 Å². The van der Waals surface area contributed by atoms with Gasteiger partial charge in [0, 0.05) is 0 Å². The van der Waals surface area contributed by atoms with Crippen molar-refractivity contribution in [2.75, 3.05) is 13.2 Å². The van der Waals surface area contributed by atoms with Crippen molar-refractivity contribution in [2.45, 2.75) is 262 Å². The Morgan fingerprint density at radius 3 is 1.55 bits per heavy atom. The van der Waals surface area contributed by atoms with Crippen molar-refractivity contribution in [3.63, 3.8) is 0 Å². The van der Waals surface area contributed by atoms with Crippen LogP contribution in [0.25, 0.3) is 0 Å². The van der Waals surface area contributed by atoms with Crippen LogP contribution < -0.4 is 5.32 Å². The summed E-state index contributed by atoms with van der Waals surface area (Å²) in [7, 11) is -5.12. The molecular formula is C48H91NO12S. The molecule has 0 bridgehead atoms. The van der Waals surface area contributed by atoms with E-state index < -0.39 is 78.5 Å². The van der Waals surface area contributed by atoms with Gasteiger partial charge in [-0.1, -0.05) is 205 Å². The first-order chi connectivity index (χ1) is 29.9. The maximum absolute atomic E-state index is 13.1. The Kier molecular flexibility index (Phi) is 36.6. The number of nitrogens with one attached hydrogen (secondary N) is 1. The minimum absolute atomic E-state index is 0.241. The van der Waals surface area contributed by atoms with Gasteiger partial charge in [-0.3, -0.25) is 9.35 Å². The average Bonchev–Trinajstić information content (AvgIpc) is 3.24. The van der Waals surface area contributed by atoms with E-state index in [4.69, 9.17) is 9.47 Å². The number of amides is 1.